The molecule has 0 radical (unpaired) electrons. The standard InChI is InChI=1S/C16H12FN3O4S/c17-14-7-6-11(16(21)22)8-15(14)25(23,24)19-12-9-18-20(10-12)13-4-2-1-3-5-13/h1-10,19H,(H,21,22). The molecular formula is C16H12FN3O4S. The van der Waals surface area contributed by atoms with E-state index < -0.39 is 26.7 Å². The van der Waals surface area contributed by atoms with Gasteiger partial charge in [0, 0.05) is 0 Å². The van der Waals surface area contributed by atoms with Crippen molar-refractivity contribution in [1.82, 2.24) is 9.78 Å². The molecule has 0 bridgehead atoms. The molecule has 3 rings (SSSR count). The van der Waals surface area contributed by atoms with E-state index in [2.05, 4.69) is 9.82 Å². The van der Waals surface area contributed by atoms with Crippen molar-refractivity contribution < 1.29 is 22.7 Å². The maximum atomic E-state index is 13.9. The van der Waals surface area contributed by atoms with Crippen LogP contribution in [0.25, 0.3) is 5.69 Å². The molecule has 0 atom stereocenters. The normalized spacial score (nSPS) is 11.2. The number of halogens is 1. The molecule has 2 N–H and O–H groups in total. The van der Waals surface area contributed by atoms with Crippen LogP contribution in [0, 0.1) is 5.82 Å². The highest BCUT2D eigenvalue weighted by molar-refractivity contribution is 7.92. The minimum atomic E-state index is -4.31. The summed E-state index contributed by atoms with van der Waals surface area (Å²) >= 11 is 0. The first-order chi connectivity index (χ1) is 11.9. The maximum absolute atomic E-state index is 13.9. The summed E-state index contributed by atoms with van der Waals surface area (Å²) in [6, 6.07) is 11.5. The van der Waals surface area contributed by atoms with Crippen molar-refractivity contribution in [1.29, 1.82) is 0 Å². The van der Waals surface area contributed by atoms with Crippen molar-refractivity contribution in [2.45, 2.75) is 4.90 Å². The maximum Gasteiger partial charge on any atom is 0.335 e. The second-order valence-corrected chi connectivity index (χ2v) is 6.72. The molecule has 9 heteroatoms. The van der Waals surface area contributed by atoms with Gasteiger partial charge in [0.05, 0.1) is 29.3 Å². The van der Waals surface area contributed by atoms with Gasteiger partial charge >= 0.3 is 5.97 Å². The third-order valence-electron chi connectivity index (χ3n) is 3.32. The largest absolute Gasteiger partial charge is 0.478 e. The van der Waals surface area contributed by atoms with Crippen LogP contribution in [0.15, 0.2) is 65.8 Å². The van der Waals surface area contributed by atoms with Gasteiger partial charge in [-0.25, -0.2) is 22.3 Å². The van der Waals surface area contributed by atoms with E-state index in [1.807, 2.05) is 6.07 Å². The summed E-state index contributed by atoms with van der Waals surface area (Å²) in [7, 11) is -4.31. The van der Waals surface area contributed by atoms with E-state index in [9.17, 15) is 17.6 Å². The number of nitrogens with one attached hydrogen (secondary N) is 1. The van der Waals surface area contributed by atoms with Gasteiger partial charge in [-0.2, -0.15) is 5.10 Å². The van der Waals surface area contributed by atoms with Crippen LogP contribution >= 0.6 is 0 Å². The number of nitrogens with zero attached hydrogens (tertiary/aromatic N) is 2. The third kappa shape index (κ3) is 3.50. The van der Waals surface area contributed by atoms with E-state index in [-0.39, 0.29) is 11.3 Å². The topological polar surface area (TPSA) is 101 Å². The summed E-state index contributed by atoms with van der Waals surface area (Å²) in [5.74, 6) is -2.40. The van der Waals surface area contributed by atoms with Crippen LogP contribution in [0.3, 0.4) is 0 Å². The summed E-state index contributed by atoms with van der Waals surface area (Å²) in [6.07, 6.45) is 2.69. The second-order valence-electron chi connectivity index (χ2n) is 5.06. The van der Waals surface area contributed by atoms with Gasteiger partial charge in [-0.3, -0.25) is 4.72 Å². The number of carboxylic acids is 1. The predicted molar refractivity (Wildman–Crippen MR) is 87.7 cm³/mol. The van der Waals surface area contributed by atoms with E-state index >= 15 is 0 Å². The third-order valence-corrected chi connectivity index (χ3v) is 4.72. The number of hydrogen-bond acceptors (Lipinski definition) is 4. The summed E-state index contributed by atoms with van der Waals surface area (Å²) in [5.41, 5.74) is 0.498. The van der Waals surface area contributed by atoms with Gasteiger partial charge in [-0.1, -0.05) is 18.2 Å². The Balaban J connectivity index is 1.91. The molecule has 128 valence electrons. The minimum Gasteiger partial charge on any atom is -0.478 e. The Bertz CT molecular complexity index is 1030. The molecule has 0 amide bonds. The van der Waals surface area contributed by atoms with E-state index in [0.29, 0.717) is 5.69 Å². The van der Waals surface area contributed by atoms with Crippen molar-refractivity contribution in [3.05, 3.63) is 72.3 Å². The highest BCUT2D eigenvalue weighted by Gasteiger charge is 2.22. The summed E-state index contributed by atoms with van der Waals surface area (Å²) in [4.78, 5) is 10.2. The Kier molecular flexibility index (Phi) is 4.24. The molecule has 0 unspecified atom stereocenters. The molecule has 2 aromatic carbocycles. The average Bonchev–Trinajstić information content (AvgIpc) is 3.03. The lowest BCUT2D eigenvalue weighted by Gasteiger charge is -2.08. The quantitative estimate of drug-likeness (QED) is 0.727. The van der Waals surface area contributed by atoms with Gasteiger partial charge in [0.1, 0.15) is 10.7 Å². The van der Waals surface area contributed by atoms with Crippen LogP contribution in [0.2, 0.25) is 0 Å². The van der Waals surface area contributed by atoms with E-state index in [1.165, 1.54) is 17.1 Å². The molecule has 0 spiro atoms. The molecule has 0 saturated heterocycles. The van der Waals surface area contributed by atoms with Gasteiger partial charge < -0.3 is 5.11 Å². The highest BCUT2D eigenvalue weighted by Crippen LogP contribution is 2.21. The van der Waals surface area contributed by atoms with Crippen LogP contribution in [0.5, 0.6) is 0 Å². The number of carboxylic acid groups (broad SMARTS) is 1. The predicted octanol–water partition coefficient (Wildman–Crippen LogP) is 2.51. The van der Waals surface area contributed by atoms with Gasteiger partial charge in [0.25, 0.3) is 10.0 Å². The lowest BCUT2D eigenvalue weighted by molar-refractivity contribution is 0.0696. The molecule has 0 aliphatic heterocycles. The van der Waals surface area contributed by atoms with E-state index in [0.717, 1.165) is 18.2 Å². The SMILES string of the molecule is O=C(O)c1ccc(F)c(S(=O)(=O)Nc2cnn(-c3ccccc3)c2)c1. The second kappa shape index (κ2) is 6.36. The monoisotopic (exact) mass is 361 g/mol. The molecule has 3 aromatic rings. The highest BCUT2D eigenvalue weighted by atomic mass is 32.2. The molecule has 0 aliphatic rings. The summed E-state index contributed by atoms with van der Waals surface area (Å²) in [5, 5.41) is 13.0. The number of sulfonamides is 1. The van der Waals surface area contributed by atoms with Crippen molar-refractivity contribution in [3.63, 3.8) is 0 Å². The Morgan fingerprint density at radius 1 is 1.16 bits per heavy atom. The number of aromatic nitrogens is 2. The van der Waals surface area contributed by atoms with Crippen molar-refractivity contribution in [2.75, 3.05) is 4.72 Å². The molecule has 1 aromatic heterocycles. The Morgan fingerprint density at radius 3 is 2.56 bits per heavy atom. The smallest absolute Gasteiger partial charge is 0.335 e. The fourth-order valence-corrected chi connectivity index (χ4v) is 3.28. The van der Waals surface area contributed by atoms with Crippen LogP contribution < -0.4 is 4.72 Å². The Labute approximate surface area is 142 Å². The number of anilines is 1. The van der Waals surface area contributed by atoms with Gasteiger partial charge in [-0.15, -0.1) is 0 Å². The lowest BCUT2D eigenvalue weighted by Crippen LogP contribution is -2.15. The fourth-order valence-electron chi connectivity index (χ4n) is 2.15. The van der Waals surface area contributed by atoms with Crippen molar-refractivity contribution >= 4 is 21.7 Å². The first kappa shape index (κ1) is 16.7. The molecule has 25 heavy (non-hydrogen) atoms. The number of aromatic carboxylic acids is 1. The first-order valence-electron chi connectivity index (χ1n) is 7.02. The number of hydrogen-bond donors (Lipinski definition) is 2. The molecule has 0 aliphatic carbocycles. The van der Waals surface area contributed by atoms with Crippen LogP contribution in [0.1, 0.15) is 10.4 Å². The molecule has 0 saturated carbocycles. The zero-order valence-electron chi connectivity index (χ0n) is 12.6. The van der Waals surface area contributed by atoms with E-state index in [4.69, 9.17) is 5.11 Å². The molecule has 0 fully saturated rings. The number of carbonyl (C=O) groups is 1. The van der Waals surface area contributed by atoms with Crippen molar-refractivity contribution in [3.8, 4) is 5.69 Å². The van der Waals surface area contributed by atoms with E-state index in [1.54, 1.807) is 24.3 Å². The molecule has 1 heterocycles. The fraction of sp³-hybridized carbons (Fsp3) is 0. The van der Waals surface area contributed by atoms with Crippen LogP contribution in [-0.2, 0) is 10.0 Å². The summed E-state index contributed by atoms with van der Waals surface area (Å²) in [6.45, 7) is 0. The van der Waals surface area contributed by atoms with Crippen LogP contribution in [-0.4, -0.2) is 29.3 Å². The minimum absolute atomic E-state index is 0.115. The zero-order chi connectivity index (χ0) is 18.0. The molecule has 7 nitrogen and oxygen atoms in total. The van der Waals surface area contributed by atoms with Crippen LogP contribution in [0.4, 0.5) is 10.1 Å². The molecular weight excluding hydrogens is 349 g/mol. The zero-order valence-corrected chi connectivity index (χ0v) is 13.4. The average molecular weight is 361 g/mol. The number of rotatable bonds is 5. The Hall–Kier alpha value is -3.20. The summed E-state index contributed by atoms with van der Waals surface area (Å²) < 4.78 is 42.2. The number of benzene rings is 2. The van der Waals surface area contributed by atoms with Gasteiger partial charge in [-0.05, 0) is 30.3 Å². The Morgan fingerprint density at radius 2 is 1.88 bits per heavy atom. The lowest BCUT2D eigenvalue weighted by atomic mass is 10.2. The van der Waals surface area contributed by atoms with Gasteiger partial charge in [0.15, 0.2) is 0 Å². The van der Waals surface area contributed by atoms with Gasteiger partial charge in [0.2, 0.25) is 0 Å². The first-order valence-corrected chi connectivity index (χ1v) is 8.51. The number of para-hydroxylation sites is 1. The van der Waals surface area contributed by atoms with Crippen molar-refractivity contribution in [2.24, 2.45) is 0 Å².